The first-order valence-corrected chi connectivity index (χ1v) is 12.6. The van der Waals surface area contributed by atoms with E-state index < -0.39 is 10.0 Å². The second-order valence-corrected chi connectivity index (χ2v) is 10.7. The van der Waals surface area contributed by atoms with E-state index in [-0.39, 0.29) is 0 Å². The number of hydrogen-bond acceptors (Lipinski definition) is 7. The van der Waals surface area contributed by atoms with Crippen LogP contribution in [0.1, 0.15) is 25.7 Å². The number of rotatable bonds is 8. The lowest BCUT2D eigenvalue weighted by Crippen LogP contribution is -2.32. The van der Waals surface area contributed by atoms with Crippen molar-refractivity contribution in [3.05, 3.63) is 41.8 Å². The first kappa shape index (κ1) is 21.0. The number of sulfonamides is 1. The van der Waals surface area contributed by atoms with E-state index in [1.54, 1.807) is 17.5 Å². The topological polar surface area (TPSA) is 96.0 Å². The number of aromatic nitrogens is 2. The Morgan fingerprint density at radius 1 is 1.00 bits per heavy atom. The van der Waals surface area contributed by atoms with Crippen LogP contribution in [-0.4, -0.2) is 38.5 Å². The van der Waals surface area contributed by atoms with E-state index in [0.717, 1.165) is 48.9 Å². The minimum Gasteiger partial charge on any atom is -0.372 e. The van der Waals surface area contributed by atoms with Gasteiger partial charge in [-0.1, -0.05) is 18.2 Å². The summed E-state index contributed by atoms with van der Waals surface area (Å²) in [5.74, 6) is 2.40. The number of hydrogen-bond donors (Lipinski definition) is 3. The number of thiophene rings is 1. The third-order valence-corrected chi connectivity index (χ3v) is 8.50. The van der Waals surface area contributed by atoms with E-state index in [9.17, 15) is 8.42 Å². The summed E-state index contributed by atoms with van der Waals surface area (Å²) in [5.41, 5.74) is 0.918. The Labute approximate surface area is 181 Å². The van der Waals surface area contributed by atoms with Crippen LogP contribution in [0.15, 0.2) is 46.0 Å². The minimum absolute atomic E-state index is 0.386. The average Bonchev–Trinajstić information content (AvgIpc) is 3.32. The number of benzene rings is 1. The van der Waals surface area contributed by atoms with E-state index in [1.165, 1.54) is 11.3 Å². The molecule has 2 aromatic heterocycles. The molecule has 0 amide bonds. The highest BCUT2D eigenvalue weighted by molar-refractivity contribution is 7.91. The van der Waals surface area contributed by atoms with Crippen molar-refractivity contribution in [3.63, 3.8) is 0 Å². The lowest BCUT2D eigenvalue weighted by Gasteiger charge is -2.28. The van der Waals surface area contributed by atoms with Gasteiger partial charge in [-0.25, -0.2) is 18.1 Å². The van der Waals surface area contributed by atoms with Crippen LogP contribution in [0.5, 0.6) is 0 Å². The molecule has 0 unspecified atom stereocenters. The van der Waals surface area contributed by atoms with E-state index in [4.69, 9.17) is 0 Å². The Balaban J connectivity index is 1.27. The molecule has 1 saturated carbocycles. The fourth-order valence-corrected chi connectivity index (χ4v) is 6.09. The highest BCUT2D eigenvalue weighted by atomic mass is 32.2. The van der Waals surface area contributed by atoms with Gasteiger partial charge in [-0.15, -0.1) is 11.3 Å². The summed E-state index contributed by atoms with van der Waals surface area (Å²) in [5, 5.41) is 9.34. The molecule has 3 aromatic rings. The predicted octanol–water partition coefficient (Wildman–Crippen LogP) is 3.93. The maximum absolute atomic E-state index is 12.3. The molecule has 1 fully saturated rings. The summed E-state index contributed by atoms with van der Waals surface area (Å²) < 4.78 is 27.7. The van der Waals surface area contributed by atoms with E-state index in [1.807, 2.05) is 31.3 Å². The monoisotopic (exact) mass is 445 g/mol. The molecule has 3 N–H and O–H groups in total. The zero-order valence-corrected chi connectivity index (χ0v) is 18.6. The van der Waals surface area contributed by atoms with Crippen LogP contribution in [0.4, 0.5) is 11.8 Å². The Hall–Kier alpha value is -2.23. The van der Waals surface area contributed by atoms with Crippen molar-refractivity contribution >= 4 is 44.0 Å². The van der Waals surface area contributed by atoms with Crippen LogP contribution in [0.2, 0.25) is 0 Å². The van der Waals surface area contributed by atoms with Crippen molar-refractivity contribution in [3.8, 4) is 0 Å². The molecule has 9 heteroatoms. The Morgan fingerprint density at radius 2 is 1.73 bits per heavy atom. The van der Waals surface area contributed by atoms with Crippen molar-refractivity contribution in [2.24, 2.45) is 11.8 Å². The molecule has 30 heavy (non-hydrogen) atoms. The van der Waals surface area contributed by atoms with Gasteiger partial charge in [-0.3, -0.25) is 0 Å². The van der Waals surface area contributed by atoms with E-state index >= 15 is 0 Å². The molecular weight excluding hydrogens is 418 g/mol. The highest BCUT2D eigenvalue weighted by Gasteiger charge is 2.23. The molecule has 0 atom stereocenters. The molecule has 1 aliphatic carbocycles. The zero-order valence-electron chi connectivity index (χ0n) is 17.0. The Bertz CT molecular complexity index is 1080. The van der Waals surface area contributed by atoms with Gasteiger partial charge in [0.05, 0.1) is 5.52 Å². The molecule has 4 rings (SSSR count). The molecule has 160 valence electrons. The van der Waals surface area contributed by atoms with Crippen LogP contribution in [-0.2, 0) is 10.0 Å². The van der Waals surface area contributed by atoms with Gasteiger partial charge in [0.2, 0.25) is 16.0 Å². The summed E-state index contributed by atoms with van der Waals surface area (Å²) in [4.78, 5) is 9.22. The fourth-order valence-electron chi connectivity index (χ4n) is 3.94. The zero-order chi connectivity index (χ0) is 21.0. The van der Waals surface area contributed by atoms with Crippen LogP contribution >= 0.6 is 11.3 Å². The van der Waals surface area contributed by atoms with E-state index in [2.05, 4.69) is 25.3 Å². The van der Waals surface area contributed by atoms with Crippen molar-refractivity contribution < 1.29 is 8.42 Å². The van der Waals surface area contributed by atoms with E-state index in [0.29, 0.717) is 28.5 Å². The standard InChI is InChI=1S/C21H27N5O2S2/c1-22-20-17-5-2-3-6-18(17)25-21(26-20)23-13-15-8-10-16(11-9-15)14-24-30(27,28)19-7-4-12-29-19/h2-7,12,15-16,24H,8-11,13-14H2,1H3,(H2,22,23,25,26). The molecule has 7 nitrogen and oxygen atoms in total. The second-order valence-electron chi connectivity index (χ2n) is 7.71. The Morgan fingerprint density at radius 3 is 2.43 bits per heavy atom. The molecule has 1 aromatic carbocycles. The average molecular weight is 446 g/mol. The van der Waals surface area contributed by atoms with Crippen molar-refractivity contribution in [1.82, 2.24) is 14.7 Å². The molecule has 0 saturated heterocycles. The number of para-hydroxylation sites is 1. The highest BCUT2D eigenvalue weighted by Crippen LogP contribution is 2.29. The summed E-state index contributed by atoms with van der Waals surface area (Å²) >= 11 is 1.25. The number of nitrogens with zero attached hydrogens (tertiary/aromatic N) is 2. The second kappa shape index (κ2) is 9.28. The summed E-state index contributed by atoms with van der Waals surface area (Å²) in [6.07, 6.45) is 4.20. The van der Waals surface area contributed by atoms with Crippen LogP contribution in [0.25, 0.3) is 10.9 Å². The van der Waals surface area contributed by atoms with Gasteiger partial charge in [-0.2, -0.15) is 4.98 Å². The maximum Gasteiger partial charge on any atom is 0.250 e. The molecule has 0 spiro atoms. The summed E-state index contributed by atoms with van der Waals surface area (Å²) in [7, 11) is -1.50. The third-order valence-electron chi connectivity index (χ3n) is 5.68. The molecule has 0 radical (unpaired) electrons. The molecular formula is C21H27N5O2S2. The Kier molecular flexibility index (Phi) is 6.50. The van der Waals surface area contributed by atoms with Gasteiger partial charge in [0.15, 0.2) is 0 Å². The maximum atomic E-state index is 12.3. The smallest absolute Gasteiger partial charge is 0.250 e. The first-order valence-electron chi connectivity index (χ1n) is 10.3. The minimum atomic E-state index is -3.37. The fraction of sp³-hybridized carbons (Fsp3) is 0.429. The predicted molar refractivity (Wildman–Crippen MR) is 123 cm³/mol. The number of fused-ring (bicyclic) bond motifs is 1. The van der Waals surface area contributed by atoms with Crippen LogP contribution in [0, 0.1) is 11.8 Å². The SMILES string of the molecule is CNc1nc(NCC2CCC(CNS(=O)(=O)c3cccs3)CC2)nc2ccccc12. The summed E-state index contributed by atoms with van der Waals surface area (Å²) in [6, 6.07) is 11.4. The molecule has 2 heterocycles. The molecule has 0 aliphatic heterocycles. The van der Waals surface area contributed by atoms with Crippen molar-refractivity contribution in [1.29, 1.82) is 0 Å². The van der Waals surface area contributed by atoms with Crippen LogP contribution in [0.3, 0.4) is 0 Å². The van der Waals surface area contributed by atoms with Crippen molar-refractivity contribution in [2.45, 2.75) is 29.9 Å². The van der Waals surface area contributed by atoms with Gasteiger partial charge >= 0.3 is 0 Å². The summed E-state index contributed by atoms with van der Waals surface area (Å²) in [6.45, 7) is 1.34. The number of anilines is 2. The van der Waals surface area contributed by atoms with Crippen LogP contribution < -0.4 is 15.4 Å². The molecule has 1 aliphatic rings. The normalized spacial score (nSPS) is 19.6. The largest absolute Gasteiger partial charge is 0.372 e. The quantitative estimate of drug-likeness (QED) is 0.486. The van der Waals surface area contributed by atoms with Gasteiger partial charge in [0.25, 0.3) is 0 Å². The van der Waals surface area contributed by atoms with Gasteiger partial charge < -0.3 is 10.6 Å². The van der Waals surface area contributed by atoms with Gasteiger partial charge in [0.1, 0.15) is 10.0 Å². The van der Waals surface area contributed by atoms with Gasteiger partial charge in [-0.05, 0) is 61.1 Å². The lowest BCUT2D eigenvalue weighted by molar-refractivity contribution is 0.284. The number of nitrogens with one attached hydrogen (secondary N) is 3. The molecule has 0 bridgehead atoms. The van der Waals surface area contributed by atoms with Crippen molar-refractivity contribution in [2.75, 3.05) is 30.8 Å². The van der Waals surface area contributed by atoms with Gasteiger partial charge in [0, 0.05) is 25.5 Å². The first-order chi connectivity index (χ1) is 14.5. The lowest BCUT2D eigenvalue weighted by atomic mass is 9.82. The third kappa shape index (κ3) is 4.91.